The summed E-state index contributed by atoms with van der Waals surface area (Å²) < 4.78 is 5.12. The van der Waals surface area contributed by atoms with E-state index in [1.807, 2.05) is 24.1 Å². The molecule has 0 atom stereocenters. The smallest absolute Gasteiger partial charge is 0.409 e. The number of anilines is 1. The van der Waals surface area contributed by atoms with Crippen LogP contribution in [0.4, 0.5) is 10.6 Å². The molecule has 8 nitrogen and oxygen atoms in total. The molecule has 4 rings (SSSR count). The molecule has 0 N–H and O–H groups in total. The second kappa shape index (κ2) is 9.17. The Morgan fingerprint density at radius 3 is 2.55 bits per heavy atom. The molecular formula is C21H28N6O2. The van der Waals surface area contributed by atoms with Crippen molar-refractivity contribution in [3.8, 4) is 11.3 Å². The fraction of sp³-hybridized carbons (Fsp3) is 0.524. The van der Waals surface area contributed by atoms with Crippen molar-refractivity contribution in [2.24, 2.45) is 0 Å². The number of hydrogen-bond acceptors (Lipinski definition) is 7. The van der Waals surface area contributed by atoms with Crippen molar-refractivity contribution in [1.29, 1.82) is 0 Å². The van der Waals surface area contributed by atoms with E-state index in [1.165, 1.54) is 0 Å². The highest BCUT2D eigenvalue weighted by atomic mass is 16.6. The fourth-order valence-electron chi connectivity index (χ4n) is 4.21. The van der Waals surface area contributed by atoms with Crippen LogP contribution < -0.4 is 4.90 Å². The van der Waals surface area contributed by atoms with Gasteiger partial charge in [-0.05, 0) is 31.9 Å². The number of pyridine rings is 1. The third kappa shape index (κ3) is 4.48. The van der Waals surface area contributed by atoms with E-state index >= 15 is 0 Å². The molecule has 0 aromatic carbocycles. The van der Waals surface area contributed by atoms with Gasteiger partial charge in [0.2, 0.25) is 0 Å². The molecule has 0 unspecified atom stereocenters. The zero-order chi connectivity index (χ0) is 20.1. The van der Waals surface area contributed by atoms with Crippen LogP contribution in [-0.2, 0) is 4.74 Å². The minimum atomic E-state index is -0.178. The Morgan fingerprint density at radius 2 is 1.86 bits per heavy atom. The lowest BCUT2D eigenvalue weighted by atomic mass is 10.0. The summed E-state index contributed by atoms with van der Waals surface area (Å²) in [5.74, 6) is 0.977. The van der Waals surface area contributed by atoms with Gasteiger partial charge in [0.15, 0.2) is 0 Å². The third-order valence-electron chi connectivity index (χ3n) is 5.75. The minimum Gasteiger partial charge on any atom is -0.450 e. The van der Waals surface area contributed by atoms with Crippen LogP contribution in [0.5, 0.6) is 0 Å². The SMILES string of the molecule is CCOC(=O)N1CCC(N2CCN(c3ncccc3-c3cnccn3)CC2)CC1. The molecule has 2 aromatic rings. The number of rotatable bonds is 4. The number of nitrogens with zero attached hydrogens (tertiary/aromatic N) is 6. The van der Waals surface area contributed by atoms with Crippen LogP contribution in [0.2, 0.25) is 0 Å². The zero-order valence-electron chi connectivity index (χ0n) is 16.9. The van der Waals surface area contributed by atoms with Crippen LogP contribution in [0, 0.1) is 0 Å². The summed E-state index contributed by atoms with van der Waals surface area (Å²) in [6.07, 6.45) is 8.86. The molecule has 0 spiro atoms. The van der Waals surface area contributed by atoms with Crippen molar-refractivity contribution >= 4 is 11.9 Å². The van der Waals surface area contributed by atoms with Gasteiger partial charge in [0.25, 0.3) is 0 Å². The number of carbonyl (C=O) groups excluding carboxylic acids is 1. The Kier molecular flexibility index (Phi) is 6.19. The van der Waals surface area contributed by atoms with Crippen molar-refractivity contribution < 1.29 is 9.53 Å². The molecule has 0 radical (unpaired) electrons. The van der Waals surface area contributed by atoms with Gasteiger partial charge in [0, 0.05) is 69.5 Å². The van der Waals surface area contributed by atoms with Crippen molar-refractivity contribution in [3.05, 3.63) is 36.9 Å². The molecule has 2 aliphatic heterocycles. The largest absolute Gasteiger partial charge is 0.450 e. The number of piperidine rings is 1. The molecule has 29 heavy (non-hydrogen) atoms. The standard InChI is InChI=1S/C21H28N6O2/c1-2-29-21(28)27-10-5-17(6-11-27)25-12-14-26(15-13-25)20-18(4-3-7-24-20)19-16-22-8-9-23-19/h3-4,7-9,16-17H,2,5-6,10-15H2,1H3. The van der Waals surface area contributed by atoms with Gasteiger partial charge in [-0.3, -0.25) is 14.9 Å². The van der Waals surface area contributed by atoms with Crippen LogP contribution in [0.3, 0.4) is 0 Å². The van der Waals surface area contributed by atoms with Gasteiger partial charge in [-0.25, -0.2) is 9.78 Å². The number of piperazine rings is 1. The summed E-state index contributed by atoms with van der Waals surface area (Å²) in [6.45, 7) is 7.71. The van der Waals surface area contributed by atoms with Crippen molar-refractivity contribution in [3.63, 3.8) is 0 Å². The van der Waals surface area contributed by atoms with Crippen LogP contribution in [0.25, 0.3) is 11.3 Å². The third-order valence-corrected chi connectivity index (χ3v) is 5.75. The van der Waals surface area contributed by atoms with E-state index in [-0.39, 0.29) is 6.09 Å². The monoisotopic (exact) mass is 396 g/mol. The summed E-state index contributed by atoms with van der Waals surface area (Å²) >= 11 is 0. The van der Waals surface area contributed by atoms with E-state index < -0.39 is 0 Å². The lowest BCUT2D eigenvalue weighted by Gasteiger charge is -2.43. The summed E-state index contributed by atoms with van der Waals surface area (Å²) in [5, 5.41) is 0. The predicted molar refractivity (Wildman–Crippen MR) is 111 cm³/mol. The molecule has 1 amide bonds. The normalized spacial score (nSPS) is 18.7. The first-order valence-corrected chi connectivity index (χ1v) is 10.4. The molecule has 2 saturated heterocycles. The van der Waals surface area contributed by atoms with Gasteiger partial charge in [-0.15, -0.1) is 0 Å². The number of carbonyl (C=O) groups is 1. The van der Waals surface area contributed by atoms with Crippen molar-refractivity contribution in [1.82, 2.24) is 24.8 Å². The van der Waals surface area contributed by atoms with Crippen LogP contribution in [0.15, 0.2) is 36.9 Å². The molecule has 2 fully saturated rings. The van der Waals surface area contributed by atoms with E-state index in [9.17, 15) is 4.79 Å². The molecule has 0 saturated carbocycles. The van der Waals surface area contributed by atoms with Crippen LogP contribution in [0.1, 0.15) is 19.8 Å². The van der Waals surface area contributed by atoms with Crippen molar-refractivity contribution in [2.45, 2.75) is 25.8 Å². The summed E-state index contributed by atoms with van der Waals surface area (Å²) in [4.78, 5) is 31.9. The first kappa shape index (κ1) is 19.6. The summed E-state index contributed by atoms with van der Waals surface area (Å²) in [7, 11) is 0. The van der Waals surface area contributed by atoms with E-state index in [4.69, 9.17) is 4.74 Å². The highest BCUT2D eigenvalue weighted by Gasteiger charge is 2.30. The van der Waals surface area contributed by atoms with Gasteiger partial charge in [-0.1, -0.05) is 0 Å². The van der Waals surface area contributed by atoms with E-state index in [1.54, 1.807) is 18.6 Å². The summed E-state index contributed by atoms with van der Waals surface area (Å²) in [6, 6.07) is 4.54. The maximum atomic E-state index is 11.9. The fourth-order valence-corrected chi connectivity index (χ4v) is 4.21. The number of hydrogen-bond donors (Lipinski definition) is 0. The zero-order valence-corrected chi connectivity index (χ0v) is 16.9. The maximum absolute atomic E-state index is 11.9. The maximum Gasteiger partial charge on any atom is 0.409 e. The van der Waals surface area contributed by atoms with E-state index in [0.29, 0.717) is 12.6 Å². The Hall–Kier alpha value is -2.74. The van der Waals surface area contributed by atoms with Gasteiger partial charge in [0.1, 0.15) is 5.82 Å². The lowest BCUT2D eigenvalue weighted by molar-refractivity contribution is 0.0729. The first-order chi connectivity index (χ1) is 14.3. The molecule has 8 heteroatoms. The van der Waals surface area contributed by atoms with Gasteiger partial charge >= 0.3 is 6.09 Å². The molecule has 154 valence electrons. The van der Waals surface area contributed by atoms with Crippen molar-refractivity contribution in [2.75, 3.05) is 50.8 Å². The topological polar surface area (TPSA) is 74.7 Å². The highest BCUT2D eigenvalue weighted by Crippen LogP contribution is 2.28. The molecule has 2 aliphatic rings. The number of ether oxygens (including phenoxy) is 1. The Morgan fingerprint density at radius 1 is 1.07 bits per heavy atom. The first-order valence-electron chi connectivity index (χ1n) is 10.4. The predicted octanol–water partition coefficient (Wildman–Crippen LogP) is 2.28. The number of likely N-dealkylation sites (tertiary alicyclic amines) is 1. The average molecular weight is 396 g/mol. The summed E-state index contributed by atoms with van der Waals surface area (Å²) in [5.41, 5.74) is 1.88. The van der Waals surface area contributed by atoms with Gasteiger partial charge in [0.05, 0.1) is 18.5 Å². The second-order valence-corrected chi connectivity index (χ2v) is 7.41. The quantitative estimate of drug-likeness (QED) is 0.785. The van der Waals surface area contributed by atoms with Crippen LogP contribution >= 0.6 is 0 Å². The Balaban J connectivity index is 1.35. The number of amides is 1. The lowest BCUT2D eigenvalue weighted by Crippen LogP contribution is -2.54. The molecule has 2 aromatic heterocycles. The average Bonchev–Trinajstić information content (AvgIpc) is 2.80. The van der Waals surface area contributed by atoms with Crippen LogP contribution in [-0.4, -0.2) is 82.8 Å². The minimum absolute atomic E-state index is 0.178. The molecular weight excluding hydrogens is 368 g/mol. The van der Waals surface area contributed by atoms with E-state index in [0.717, 1.165) is 69.2 Å². The molecule has 0 bridgehead atoms. The Bertz CT molecular complexity index is 802. The molecule has 4 heterocycles. The second-order valence-electron chi connectivity index (χ2n) is 7.41. The van der Waals surface area contributed by atoms with Gasteiger partial charge < -0.3 is 14.5 Å². The highest BCUT2D eigenvalue weighted by molar-refractivity contribution is 5.72. The van der Waals surface area contributed by atoms with Gasteiger partial charge in [-0.2, -0.15) is 0 Å². The number of aromatic nitrogens is 3. The van der Waals surface area contributed by atoms with E-state index in [2.05, 4.69) is 30.8 Å². The Labute approximate surface area is 171 Å². The molecule has 0 aliphatic carbocycles.